The maximum absolute atomic E-state index is 13.0. The van der Waals surface area contributed by atoms with Crippen LogP contribution in [0.25, 0.3) is 11.4 Å². The molecule has 0 unspecified atom stereocenters. The normalized spacial score (nSPS) is 13.4. The van der Waals surface area contributed by atoms with Crippen LogP contribution >= 0.6 is 0 Å². The number of rotatable bonds is 3. The van der Waals surface area contributed by atoms with Gasteiger partial charge in [0.1, 0.15) is 5.69 Å². The number of ketones is 1. The number of Topliss-reactive ketones (excluding diaryl/α,β-unsaturated/α-hetero) is 1. The lowest BCUT2D eigenvalue weighted by Gasteiger charge is -2.12. The van der Waals surface area contributed by atoms with E-state index in [0.29, 0.717) is 17.8 Å². The lowest BCUT2D eigenvalue weighted by molar-refractivity contribution is -0.137. The number of carbonyl (C=O) groups excluding carboxylic acids is 1. The van der Waals surface area contributed by atoms with Crippen LogP contribution in [0.3, 0.4) is 0 Å². The van der Waals surface area contributed by atoms with Crippen LogP contribution in [0.4, 0.5) is 24.8 Å². The summed E-state index contributed by atoms with van der Waals surface area (Å²) in [5.74, 6) is 0.0724. The molecule has 0 spiro atoms. The van der Waals surface area contributed by atoms with Crippen LogP contribution in [0.5, 0.6) is 0 Å². The molecule has 150 valence electrons. The topological polar surface area (TPSA) is 72.7 Å². The van der Waals surface area contributed by atoms with Crippen LogP contribution in [0.1, 0.15) is 40.5 Å². The fraction of sp³-hybridized carbons (Fsp3) is 0.300. The quantitative estimate of drug-likeness (QED) is 0.662. The second-order valence-electron chi connectivity index (χ2n) is 6.98. The van der Waals surface area contributed by atoms with E-state index >= 15 is 0 Å². The van der Waals surface area contributed by atoms with Gasteiger partial charge in [0, 0.05) is 31.4 Å². The smallest absolute Gasteiger partial charge is 0.324 e. The maximum atomic E-state index is 13.0. The minimum atomic E-state index is -4.43. The predicted octanol–water partition coefficient (Wildman–Crippen LogP) is 4.33. The first kappa shape index (κ1) is 19.1. The van der Waals surface area contributed by atoms with E-state index in [4.69, 9.17) is 0 Å². The van der Waals surface area contributed by atoms with E-state index in [1.165, 1.54) is 19.1 Å². The number of nitrogens with one attached hydrogen (secondary N) is 1. The minimum Gasteiger partial charge on any atom is -0.324 e. The van der Waals surface area contributed by atoms with Crippen molar-refractivity contribution in [2.45, 2.75) is 32.4 Å². The molecule has 2 aromatic heterocycles. The van der Waals surface area contributed by atoms with E-state index in [1.807, 2.05) is 0 Å². The van der Waals surface area contributed by atoms with Crippen LogP contribution < -0.4 is 5.32 Å². The molecular weight excluding hydrogens is 383 g/mol. The van der Waals surface area contributed by atoms with Gasteiger partial charge in [-0.15, -0.1) is 0 Å². The molecule has 4 rings (SSSR count). The molecule has 0 amide bonds. The lowest BCUT2D eigenvalue weighted by atomic mass is 10.1. The number of nitrogens with zero attached hydrogens (tertiary/aromatic N) is 4. The summed E-state index contributed by atoms with van der Waals surface area (Å²) in [4.78, 5) is 20.8. The number of hydrogen-bond acceptors (Lipinski definition) is 5. The third-order valence-electron chi connectivity index (χ3n) is 4.89. The van der Waals surface area contributed by atoms with Gasteiger partial charge in [0.2, 0.25) is 5.95 Å². The zero-order chi connectivity index (χ0) is 20.8. The monoisotopic (exact) mass is 401 g/mol. The van der Waals surface area contributed by atoms with Gasteiger partial charge >= 0.3 is 6.18 Å². The van der Waals surface area contributed by atoms with Crippen molar-refractivity contribution >= 4 is 17.4 Å². The Hall–Kier alpha value is -3.23. The molecule has 2 heterocycles. The second kappa shape index (κ2) is 6.98. The van der Waals surface area contributed by atoms with Crippen molar-refractivity contribution in [3.63, 3.8) is 0 Å². The third-order valence-corrected chi connectivity index (χ3v) is 4.89. The Morgan fingerprint density at radius 1 is 1.24 bits per heavy atom. The average Bonchev–Trinajstić information content (AvgIpc) is 2.87. The molecule has 0 saturated carbocycles. The molecule has 9 heteroatoms. The molecule has 0 fully saturated rings. The third kappa shape index (κ3) is 3.59. The maximum Gasteiger partial charge on any atom is 0.416 e. The van der Waals surface area contributed by atoms with Gasteiger partial charge in [-0.3, -0.25) is 9.48 Å². The van der Waals surface area contributed by atoms with Crippen molar-refractivity contribution in [1.82, 2.24) is 19.7 Å². The van der Waals surface area contributed by atoms with Gasteiger partial charge in [-0.25, -0.2) is 9.97 Å². The summed E-state index contributed by atoms with van der Waals surface area (Å²) < 4.78 is 40.5. The van der Waals surface area contributed by atoms with Gasteiger partial charge < -0.3 is 5.32 Å². The number of hydrogen-bond donors (Lipinski definition) is 1. The van der Waals surface area contributed by atoms with Crippen molar-refractivity contribution in [1.29, 1.82) is 0 Å². The molecule has 1 N–H and O–H groups in total. The summed E-state index contributed by atoms with van der Waals surface area (Å²) in [6.07, 6.45) is -0.487. The molecule has 0 aliphatic heterocycles. The Morgan fingerprint density at radius 2 is 2.03 bits per heavy atom. The predicted molar refractivity (Wildman–Crippen MR) is 101 cm³/mol. The molecule has 0 atom stereocenters. The highest BCUT2D eigenvalue weighted by molar-refractivity contribution is 5.95. The highest BCUT2D eigenvalue weighted by Crippen LogP contribution is 2.34. The highest BCUT2D eigenvalue weighted by atomic mass is 19.4. The Bertz CT molecular complexity index is 1100. The lowest BCUT2D eigenvalue weighted by Crippen LogP contribution is -2.07. The van der Waals surface area contributed by atoms with Crippen LogP contribution in [0.15, 0.2) is 30.5 Å². The first-order valence-electron chi connectivity index (χ1n) is 9.11. The van der Waals surface area contributed by atoms with Gasteiger partial charge in [-0.2, -0.15) is 18.3 Å². The number of anilines is 2. The molecule has 0 bridgehead atoms. The Balaban J connectivity index is 1.75. The molecule has 1 aromatic carbocycles. The van der Waals surface area contributed by atoms with Crippen molar-refractivity contribution in [2.24, 2.45) is 7.05 Å². The second-order valence-corrected chi connectivity index (χ2v) is 6.98. The molecule has 29 heavy (non-hydrogen) atoms. The van der Waals surface area contributed by atoms with Gasteiger partial charge in [0.25, 0.3) is 0 Å². The number of aryl methyl sites for hydroxylation is 2. The van der Waals surface area contributed by atoms with Gasteiger partial charge in [0.15, 0.2) is 5.78 Å². The van der Waals surface area contributed by atoms with E-state index in [9.17, 15) is 18.0 Å². The summed E-state index contributed by atoms with van der Waals surface area (Å²) in [5.41, 5.74) is 3.07. The number of aromatic nitrogens is 4. The summed E-state index contributed by atoms with van der Waals surface area (Å²) in [6.45, 7) is 1.48. The first-order chi connectivity index (χ1) is 13.7. The van der Waals surface area contributed by atoms with Crippen LogP contribution in [0.2, 0.25) is 0 Å². The fourth-order valence-electron chi connectivity index (χ4n) is 3.60. The molecular formula is C20H18F3N5O. The van der Waals surface area contributed by atoms with E-state index in [2.05, 4.69) is 20.4 Å². The zero-order valence-electron chi connectivity index (χ0n) is 15.8. The Kier molecular flexibility index (Phi) is 4.60. The van der Waals surface area contributed by atoms with Gasteiger partial charge in [-0.1, -0.05) is 6.07 Å². The van der Waals surface area contributed by atoms with E-state index in [-0.39, 0.29) is 17.4 Å². The van der Waals surface area contributed by atoms with Gasteiger partial charge in [-0.05, 0) is 43.0 Å². The van der Waals surface area contributed by atoms with Crippen LogP contribution in [-0.2, 0) is 26.1 Å². The standard InChI is InChI=1S/C20H18F3N5O/c1-11(29)16-15-8-3-5-12-10-24-19(26-17(12)18(15)28(2)27-16)25-14-7-4-6-13(9-14)20(21,22)23/h4,6-7,9-10H,3,5,8H2,1-2H3,(H,24,25,26). The van der Waals surface area contributed by atoms with Crippen LogP contribution in [0, 0.1) is 0 Å². The SMILES string of the molecule is CC(=O)c1nn(C)c2c1CCCc1cnc(Nc3cccc(C(F)(F)F)c3)nc1-2. The minimum absolute atomic E-state index is 0.110. The van der Waals surface area contributed by atoms with Crippen molar-refractivity contribution in [2.75, 3.05) is 5.32 Å². The number of carbonyl (C=O) groups is 1. The average molecular weight is 401 g/mol. The van der Waals surface area contributed by atoms with Crippen molar-refractivity contribution < 1.29 is 18.0 Å². The summed E-state index contributed by atoms with van der Waals surface area (Å²) in [7, 11) is 1.75. The molecule has 6 nitrogen and oxygen atoms in total. The first-order valence-corrected chi connectivity index (χ1v) is 9.11. The van der Waals surface area contributed by atoms with Crippen molar-refractivity contribution in [3.05, 3.63) is 52.8 Å². The van der Waals surface area contributed by atoms with E-state index in [0.717, 1.165) is 41.8 Å². The Morgan fingerprint density at radius 3 is 2.76 bits per heavy atom. The van der Waals surface area contributed by atoms with Crippen LogP contribution in [-0.4, -0.2) is 25.5 Å². The number of halogens is 3. The number of alkyl halides is 3. The van der Waals surface area contributed by atoms with Crippen molar-refractivity contribution in [3.8, 4) is 11.4 Å². The fourth-order valence-corrected chi connectivity index (χ4v) is 3.60. The number of fused-ring (bicyclic) bond motifs is 3. The van der Waals surface area contributed by atoms with E-state index < -0.39 is 11.7 Å². The molecule has 1 aliphatic rings. The molecule has 3 aromatic rings. The zero-order valence-corrected chi connectivity index (χ0v) is 15.8. The number of benzene rings is 1. The molecule has 1 aliphatic carbocycles. The summed E-state index contributed by atoms with van der Waals surface area (Å²) in [6, 6.07) is 4.87. The van der Waals surface area contributed by atoms with Gasteiger partial charge in [0.05, 0.1) is 17.0 Å². The van der Waals surface area contributed by atoms with E-state index in [1.54, 1.807) is 17.9 Å². The highest BCUT2D eigenvalue weighted by Gasteiger charge is 2.30. The summed E-state index contributed by atoms with van der Waals surface area (Å²) >= 11 is 0. The summed E-state index contributed by atoms with van der Waals surface area (Å²) in [5, 5.41) is 7.19. The molecule has 0 radical (unpaired) electrons. The molecule has 0 saturated heterocycles. The largest absolute Gasteiger partial charge is 0.416 e. The Labute approximate surface area is 164 Å².